The molecule has 1 aromatic rings. The Morgan fingerprint density at radius 2 is 1.65 bits per heavy atom. The molecule has 0 saturated carbocycles. The molecule has 1 atom stereocenters. The highest BCUT2D eigenvalue weighted by Crippen LogP contribution is 2.18. The summed E-state index contributed by atoms with van der Waals surface area (Å²) in [7, 11) is 0. The SMILES string of the molecule is CC(C(=O)N(CCC#N)c1ccccc1)N1CCN(CC(=O)N2CCCCCC2)CC1. The zero-order valence-electron chi connectivity index (χ0n) is 18.7. The topological polar surface area (TPSA) is 70.9 Å². The fraction of sp³-hybridized carbons (Fsp3) is 0.625. The van der Waals surface area contributed by atoms with Crippen molar-refractivity contribution in [3.63, 3.8) is 0 Å². The van der Waals surface area contributed by atoms with Crippen LogP contribution in [0, 0.1) is 11.3 Å². The van der Waals surface area contributed by atoms with Gasteiger partial charge in [-0.15, -0.1) is 0 Å². The lowest BCUT2D eigenvalue weighted by Gasteiger charge is -2.39. The molecule has 0 aromatic heterocycles. The van der Waals surface area contributed by atoms with E-state index in [0.29, 0.717) is 19.5 Å². The Hall–Kier alpha value is -2.43. The smallest absolute Gasteiger partial charge is 0.244 e. The standard InChI is InChI=1S/C24H35N5O2/c1-21(24(31)29(15-9-12-25)22-10-5-4-6-11-22)27-18-16-26(17-19-27)20-23(30)28-13-7-2-3-8-14-28/h4-6,10-11,21H,2-3,7-9,13-20H2,1H3. The Morgan fingerprint density at radius 1 is 1.00 bits per heavy atom. The van der Waals surface area contributed by atoms with Crippen LogP contribution in [0.15, 0.2) is 30.3 Å². The van der Waals surface area contributed by atoms with E-state index in [-0.39, 0.29) is 17.9 Å². The van der Waals surface area contributed by atoms with Crippen molar-refractivity contribution >= 4 is 17.5 Å². The van der Waals surface area contributed by atoms with Gasteiger partial charge in [-0.1, -0.05) is 31.0 Å². The maximum atomic E-state index is 13.2. The number of piperazine rings is 1. The largest absolute Gasteiger partial charge is 0.342 e. The Kier molecular flexibility index (Phi) is 8.86. The summed E-state index contributed by atoms with van der Waals surface area (Å²) < 4.78 is 0. The van der Waals surface area contributed by atoms with Crippen molar-refractivity contribution in [1.29, 1.82) is 5.26 Å². The number of carbonyl (C=O) groups is 2. The van der Waals surface area contributed by atoms with Crippen LogP contribution in [-0.4, -0.2) is 84.9 Å². The summed E-state index contributed by atoms with van der Waals surface area (Å²) in [5.74, 6) is 0.266. The molecule has 2 aliphatic heterocycles. The quantitative estimate of drug-likeness (QED) is 0.671. The molecule has 0 radical (unpaired) electrons. The van der Waals surface area contributed by atoms with E-state index in [1.54, 1.807) is 4.90 Å². The first-order valence-corrected chi connectivity index (χ1v) is 11.6. The van der Waals surface area contributed by atoms with Crippen LogP contribution in [0.3, 0.4) is 0 Å². The predicted molar refractivity (Wildman–Crippen MR) is 122 cm³/mol. The Bertz CT molecular complexity index is 747. The molecular weight excluding hydrogens is 390 g/mol. The highest BCUT2D eigenvalue weighted by atomic mass is 16.2. The van der Waals surface area contributed by atoms with Gasteiger partial charge in [0.1, 0.15) is 0 Å². The molecule has 7 heteroatoms. The maximum Gasteiger partial charge on any atom is 0.244 e. The normalized spacial score (nSPS) is 19.3. The van der Waals surface area contributed by atoms with E-state index < -0.39 is 0 Å². The van der Waals surface area contributed by atoms with Gasteiger partial charge in [0.25, 0.3) is 0 Å². The third-order valence-electron chi connectivity index (χ3n) is 6.41. The number of hydrogen-bond acceptors (Lipinski definition) is 5. The molecule has 2 aliphatic rings. The second-order valence-corrected chi connectivity index (χ2v) is 8.52. The lowest BCUT2D eigenvalue weighted by Crippen LogP contribution is -2.56. The van der Waals surface area contributed by atoms with Crippen LogP contribution < -0.4 is 4.90 Å². The van der Waals surface area contributed by atoms with Crippen molar-refractivity contribution in [2.75, 3.05) is 57.3 Å². The summed E-state index contributed by atoms with van der Waals surface area (Å²) in [5.41, 5.74) is 0.830. The Labute approximate surface area is 186 Å². The molecule has 0 N–H and O–H groups in total. The maximum absolute atomic E-state index is 13.2. The average Bonchev–Trinajstić information content (AvgIpc) is 3.10. The number of rotatable bonds is 7. The number of nitrogens with zero attached hydrogens (tertiary/aromatic N) is 5. The van der Waals surface area contributed by atoms with Crippen LogP contribution in [0.25, 0.3) is 0 Å². The monoisotopic (exact) mass is 425 g/mol. The summed E-state index contributed by atoms with van der Waals surface area (Å²) in [4.78, 5) is 34.1. The van der Waals surface area contributed by atoms with Crippen molar-refractivity contribution in [2.45, 2.75) is 45.1 Å². The van der Waals surface area contributed by atoms with E-state index in [0.717, 1.165) is 57.8 Å². The third-order valence-corrected chi connectivity index (χ3v) is 6.41. The van der Waals surface area contributed by atoms with Gasteiger partial charge in [0.05, 0.1) is 25.1 Å². The molecule has 2 fully saturated rings. The fourth-order valence-corrected chi connectivity index (χ4v) is 4.44. The van der Waals surface area contributed by atoms with Gasteiger partial charge in [0, 0.05) is 51.5 Å². The minimum Gasteiger partial charge on any atom is -0.342 e. The van der Waals surface area contributed by atoms with Crippen LogP contribution in [0.1, 0.15) is 39.0 Å². The highest BCUT2D eigenvalue weighted by molar-refractivity contribution is 5.97. The van der Waals surface area contributed by atoms with Crippen molar-refractivity contribution in [3.8, 4) is 6.07 Å². The van der Waals surface area contributed by atoms with E-state index >= 15 is 0 Å². The van der Waals surface area contributed by atoms with E-state index in [1.807, 2.05) is 42.2 Å². The molecule has 2 heterocycles. The molecule has 0 spiro atoms. The second kappa shape index (κ2) is 11.8. The number of hydrogen-bond donors (Lipinski definition) is 0. The van der Waals surface area contributed by atoms with Crippen LogP contribution in [0.5, 0.6) is 0 Å². The minimum absolute atomic E-state index is 0.0237. The number of benzene rings is 1. The van der Waals surface area contributed by atoms with Gasteiger partial charge in [-0.25, -0.2) is 0 Å². The molecule has 3 rings (SSSR count). The molecule has 0 aliphatic carbocycles. The summed E-state index contributed by atoms with van der Waals surface area (Å²) >= 11 is 0. The van der Waals surface area contributed by atoms with E-state index in [2.05, 4.69) is 15.9 Å². The molecule has 31 heavy (non-hydrogen) atoms. The van der Waals surface area contributed by atoms with E-state index in [1.165, 1.54) is 12.8 Å². The first-order valence-electron chi connectivity index (χ1n) is 11.6. The van der Waals surface area contributed by atoms with Gasteiger partial charge in [-0.2, -0.15) is 5.26 Å². The molecule has 168 valence electrons. The number of likely N-dealkylation sites (tertiary alicyclic amines) is 1. The van der Waals surface area contributed by atoms with Crippen LogP contribution in [0.2, 0.25) is 0 Å². The molecule has 2 saturated heterocycles. The van der Waals surface area contributed by atoms with Crippen molar-refractivity contribution in [3.05, 3.63) is 30.3 Å². The Morgan fingerprint density at radius 3 is 2.26 bits per heavy atom. The van der Waals surface area contributed by atoms with Gasteiger partial charge in [-0.3, -0.25) is 19.4 Å². The summed E-state index contributed by atoms with van der Waals surface area (Å²) in [5, 5.41) is 9.01. The summed E-state index contributed by atoms with van der Waals surface area (Å²) in [6.45, 7) is 7.72. The van der Waals surface area contributed by atoms with Crippen LogP contribution >= 0.6 is 0 Å². The number of nitriles is 1. The molecule has 0 bridgehead atoms. The summed E-state index contributed by atoms with van der Waals surface area (Å²) in [6.07, 6.45) is 4.98. The molecule has 7 nitrogen and oxygen atoms in total. The predicted octanol–water partition coefficient (Wildman–Crippen LogP) is 2.34. The van der Waals surface area contributed by atoms with Crippen LogP contribution in [-0.2, 0) is 9.59 Å². The lowest BCUT2D eigenvalue weighted by molar-refractivity contribution is -0.133. The molecule has 1 unspecified atom stereocenters. The average molecular weight is 426 g/mol. The number of amides is 2. The first kappa shape index (κ1) is 23.2. The third kappa shape index (κ3) is 6.52. The Balaban J connectivity index is 1.52. The van der Waals surface area contributed by atoms with Crippen molar-refractivity contribution in [2.24, 2.45) is 0 Å². The van der Waals surface area contributed by atoms with Gasteiger partial charge in [0.2, 0.25) is 11.8 Å². The van der Waals surface area contributed by atoms with Gasteiger partial charge >= 0.3 is 0 Å². The number of para-hydroxylation sites is 1. The van der Waals surface area contributed by atoms with Gasteiger partial charge in [0.15, 0.2) is 0 Å². The molecule has 2 amide bonds. The zero-order chi connectivity index (χ0) is 22.1. The highest BCUT2D eigenvalue weighted by Gasteiger charge is 2.30. The number of carbonyl (C=O) groups excluding carboxylic acids is 2. The van der Waals surface area contributed by atoms with E-state index in [9.17, 15) is 9.59 Å². The van der Waals surface area contributed by atoms with E-state index in [4.69, 9.17) is 5.26 Å². The fourth-order valence-electron chi connectivity index (χ4n) is 4.44. The zero-order valence-corrected chi connectivity index (χ0v) is 18.7. The lowest BCUT2D eigenvalue weighted by atomic mass is 10.1. The number of anilines is 1. The van der Waals surface area contributed by atoms with Gasteiger partial charge < -0.3 is 9.80 Å². The van der Waals surface area contributed by atoms with Crippen molar-refractivity contribution < 1.29 is 9.59 Å². The molecule has 1 aromatic carbocycles. The first-order chi connectivity index (χ1) is 15.1. The van der Waals surface area contributed by atoms with Crippen molar-refractivity contribution in [1.82, 2.24) is 14.7 Å². The summed E-state index contributed by atoms with van der Waals surface area (Å²) in [6, 6.07) is 11.4. The van der Waals surface area contributed by atoms with Gasteiger partial charge in [-0.05, 0) is 31.9 Å². The molecular formula is C24H35N5O2. The minimum atomic E-state index is -0.262. The second-order valence-electron chi connectivity index (χ2n) is 8.52. The van der Waals surface area contributed by atoms with Crippen LogP contribution in [0.4, 0.5) is 5.69 Å².